The first-order valence-corrected chi connectivity index (χ1v) is 6.34. The molecule has 0 aliphatic heterocycles. The van der Waals surface area contributed by atoms with Gasteiger partial charge in [0.2, 0.25) is 0 Å². The predicted octanol–water partition coefficient (Wildman–Crippen LogP) is 2.50. The van der Waals surface area contributed by atoms with Gasteiger partial charge in [0.15, 0.2) is 0 Å². The van der Waals surface area contributed by atoms with Gasteiger partial charge in [-0.3, -0.25) is 0 Å². The fourth-order valence-corrected chi connectivity index (χ4v) is 1.88. The topological polar surface area (TPSA) is 66.8 Å². The zero-order chi connectivity index (χ0) is 14.4. The molecule has 0 aromatic heterocycles. The van der Waals surface area contributed by atoms with E-state index in [-0.39, 0.29) is 12.2 Å². The van der Waals surface area contributed by atoms with Gasteiger partial charge in [-0.25, -0.2) is 4.79 Å². The average Bonchev–Trinajstić information content (AvgIpc) is 2.46. The number of ether oxygens (including phenoxy) is 1. The highest BCUT2D eigenvalue weighted by atomic mass is 16.5. The summed E-state index contributed by atoms with van der Waals surface area (Å²) in [5.74, 6) is -0.508. The Kier molecular flexibility index (Phi) is 4.74. The van der Waals surface area contributed by atoms with Crippen molar-refractivity contribution in [3.05, 3.63) is 65.2 Å². The summed E-state index contributed by atoms with van der Waals surface area (Å²) in [4.78, 5) is 11.1. The normalized spacial score (nSPS) is 10.2. The number of carboxylic acid groups (broad SMARTS) is 1. The number of rotatable bonds is 6. The van der Waals surface area contributed by atoms with Crippen molar-refractivity contribution < 1.29 is 19.7 Å². The van der Waals surface area contributed by atoms with Crippen molar-refractivity contribution in [1.82, 2.24) is 0 Å². The van der Waals surface area contributed by atoms with E-state index in [1.54, 1.807) is 12.1 Å². The molecule has 0 amide bonds. The molecule has 0 saturated carbocycles. The first-order chi connectivity index (χ1) is 9.69. The van der Waals surface area contributed by atoms with E-state index in [0.29, 0.717) is 18.8 Å². The molecule has 0 aliphatic rings. The van der Waals surface area contributed by atoms with E-state index in [4.69, 9.17) is 14.9 Å². The van der Waals surface area contributed by atoms with Gasteiger partial charge in [0.05, 0.1) is 5.56 Å². The second kappa shape index (κ2) is 6.73. The molecule has 0 bridgehead atoms. The Labute approximate surface area is 117 Å². The van der Waals surface area contributed by atoms with Crippen molar-refractivity contribution in [3.8, 4) is 5.75 Å². The maximum absolute atomic E-state index is 11.1. The fourth-order valence-electron chi connectivity index (χ4n) is 1.88. The summed E-state index contributed by atoms with van der Waals surface area (Å²) in [6.07, 6.45) is 0.406. The number of aromatic carboxylic acids is 1. The molecule has 2 rings (SSSR count). The van der Waals surface area contributed by atoms with E-state index in [1.165, 1.54) is 6.07 Å². The van der Waals surface area contributed by atoms with Crippen LogP contribution in [-0.2, 0) is 13.0 Å². The number of aliphatic hydroxyl groups excluding tert-OH is 1. The number of benzene rings is 2. The van der Waals surface area contributed by atoms with E-state index in [1.807, 2.05) is 30.3 Å². The lowest BCUT2D eigenvalue weighted by Crippen LogP contribution is -2.02. The van der Waals surface area contributed by atoms with Gasteiger partial charge >= 0.3 is 5.97 Å². The van der Waals surface area contributed by atoms with Gasteiger partial charge in [-0.15, -0.1) is 0 Å². The second-order valence-corrected chi connectivity index (χ2v) is 4.42. The van der Waals surface area contributed by atoms with Crippen molar-refractivity contribution in [2.75, 3.05) is 6.61 Å². The molecular formula is C16H16O4. The van der Waals surface area contributed by atoms with Gasteiger partial charge in [-0.1, -0.05) is 30.3 Å². The molecule has 0 radical (unpaired) electrons. The number of carboxylic acids is 1. The maximum Gasteiger partial charge on any atom is 0.335 e. The number of hydrogen-bond donors (Lipinski definition) is 2. The molecule has 2 N–H and O–H groups in total. The molecule has 0 fully saturated rings. The third-order valence-corrected chi connectivity index (χ3v) is 2.86. The molecule has 20 heavy (non-hydrogen) atoms. The van der Waals surface area contributed by atoms with Crippen LogP contribution in [0.1, 0.15) is 21.5 Å². The van der Waals surface area contributed by atoms with Crippen LogP contribution >= 0.6 is 0 Å². The SMILES string of the molecule is O=C(O)c1cc(CCO)cc(OCc2ccccc2)c1. The van der Waals surface area contributed by atoms with Gasteiger partial charge in [0.25, 0.3) is 0 Å². The zero-order valence-electron chi connectivity index (χ0n) is 11.0. The second-order valence-electron chi connectivity index (χ2n) is 4.42. The molecule has 0 atom stereocenters. The quantitative estimate of drug-likeness (QED) is 0.848. The molecule has 0 unspecified atom stereocenters. The molecule has 2 aromatic carbocycles. The molecule has 4 heteroatoms. The van der Waals surface area contributed by atoms with Crippen LogP contribution in [0.15, 0.2) is 48.5 Å². The van der Waals surface area contributed by atoms with Crippen LogP contribution in [0.25, 0.3) is 0 Å². The van der Waals surface area contributed by atoms with Crippen molar-refractivity contribution >= 4 is 5.97 Å². The minimum Gasteiger partial charge on any atom is -0.489 e. The molecule has 104 valence electrons. The van der Waals surface area contributed by atoms with E-state index < -0.39 is 5.97 Å². The Bertz CT molecular complexity index is 578. The molecule has 4 nitrogen and oxygen atoms in total. The first-order valence-electron chi connectivity index (χ1n) is 6.34. The standard InChI is InChI=1S/C16H16O4/c17-7-6-13-8-14(16(18)19)10-15(9-13)20-11-12-4-2-1-3-5-12/h1-5,8-10,17H,6-7,11H2,(H,18,19). The Morgan fingerprint density at radius 3 is 2.45 bits per heavy atom. The molecule has 0 heterocycles. The van der Waals surface area contributed by atoms with Crippen LogP contribution in [0.4, 0.5) is 0 Å². The third-order valence-electron chi connectivity index (χ3n) is 2.86. The van der Waals surface area contributed by atoms with Crippen molar-refractivity contribution in [2.45, 2.75) is 13.0 Å². The van der Waals surface area contributed by atoms with Crippen LogP contribution in [-0.4, -0.2) is 22.8 Å². The lowest BCUT2D eigenvalue weighted by Gasteiger charge is -2.09. The van der Waals surface area contributed by atoms with E-state index in [0.717, 1.165) is 11.1 Å². The highest BCUT2D eigenvalue weighted by molar-refractivity contribution is 5.88. The Balaban J connectivity index is 2.15. The number of hydrogen-bond acceptors (Lipinski definition) is 3. The minimum absolute atomic E-state index is 0.0266. The largest absolute Gasteiger partial charge is 0.489 e. The predicted molar refractivity (Wildman–Crippen MR) is 75.0 cm³/mol. The molecular weight excluding hydrogens is 256 g/mol. The highest BCUT2D eigenvalue weighted by Crippen LogP contribution is 2.19. The lowest BCUT2D eigenvalue weighted by atomic mass is 10.1. The van der Waals surface area contributed by atoms with E-state index in [9.17, 15) is 4.79 Å². The van der Waals surface area contributed by atoms with Crippen LogP contribution in [0.3, 0.4) is 0 Å². The van der Waals surface area contributed by atoms with Crippen LogP contribution in [0, 0.1) is 0 Å². The van der Waals surface area contributed by atoms with Crippen molar-refractivity contribution in [1.29, 1.82) is 0 Å². The summed E-state index contributed by atoms with van der Waals surface area (Å²) >= 11 is 0. The van der Waals surface area contributed by atoms with E-state index >= 15 is 0 Å². The van der Waals surface area contributed by atoms with E-state index in [2.05, 4.69) is 0 Å². The van der Waals surface area contributed by atoms with Crippen LogP contribution in [0.5, 0.6) is 5.75 Å². The average molecular weight is 272 g/mol. The first kappa shape index (κ1) is 14.1. The van der Waals surface area contributed by atoms with Gasteiger partial charge in [-0.05, 0) is 35.7 Å². The Morgan fingerprint density at radius 1 is 1.05 bits per heavy atom. The van der Waals surface area contributed by atoms with Crippen LogP contribution in [0.2, 0.25) is 0 Å². The summed E-state index contributed by atoms with van der Waals surface area (Å²) in [6, 6.07) is 14.4. The van der Waals surface area contributed by atoms with Gasteiger partial charge in [-0.2, -0.15) is 0 Å². The minimum atomic E-state index is -1.01. The molecule has 0 spiro atoms. The summed E-state index contributed by atoms with van der Waals surface area (Å²) in [5.41, 5.74) is 1.92. The Morgan fingerprint density at radius 2 is 1.80 bits per heavy atom. The summed E-state index contributed by atoms with van der Waals surface area (Å²) in [7, 11) is 0. The summed E-state index contributed by atoms with van der Waals surface area (Å²) < 4.78 is 5.62. The maximum atomic E-state index is 11.1. The van der Waals surface area contributed by atoms with Crippen LogP contribution < -0.4 is 4.74 Å². The monoisotopic (exact) mass is 272 g/mol. The van der Waals surface area contributed by atoms with Crippen molar-refractivity contribution in [2.24, 2.45) is 0 Å². The molecule has 2 aromatic rings. The van der Waals surface area contributed by atoms with Crippen molar-refractivity contribution in [3.63, 3.8) is 0 Å². The van der Waals surface area contributed by atoms with Gasteiger partial charge in [0.1, 0.15) is 12.4 Å². The number of carbonyl (C=O) groups is 1. The summed E-state index contributed by atoms with van der Waals surface area (Å²) in [5, 5.41) is 18.0. The summed E-state index contributed by atoms with van der Waals surface area (Å²) in [6.45, 7) is 0.351. The van der Waals surface area contributed by atoms with Gasteiger partial charge in [0, 0.05) is 6.61 Å². The third kappa shape index (κ3) is 3.83. The fraction of sp³-hybridized carbons (Fsp3) is 0.188. The lowest BCUT2D eigenvalue weighted by molar-refractivity contribution is 0.0696. The Hall–Kier alpha value is -2.33. The molecule has 0 saturated heterocycles. The number of aliphatic hydroxyl groups is 1. The zero-order valence-corrected chi connectivity index (χ0v) is 11.0. The highest BCUT2D eigenvalue weighted by Gasteiger charge is 2.08. The van der Waals surface area contributed by atoms with Gasteiger partial charge < -0.3 is 14.9 Å². The smallest absolute Gasteiger partial charge is 0.335 e. The molecule has 0 aliphatic carbocycles.